The molecule has 0 spiro atoms. The molecule has 0 bridgehead atoms. The van der Waals surface area contributed by atoms with Gasteiger partial charge in [0.05, 0.1) is 24.8 Å². The van der Waals surface area contributed by atoms with Crippen LogP contribution in [0.25, 0.3) is 0 Å². The van der Waals surface area contributed by atoms with Crippen LogP contribution in [0.15, 0.2) is 22.8 Å². The van der Waals surface area contributed by atoms with E-state index in [4.69, 9.17) is 11.6 Å². The van der Waals surface area contributed by atoms with Crippen molar-refractivity contribution < 1.29 is 5.11 Å². The predicted octanol–water partition coefficient (Wildman–Crippen LogP) is 4.93. The first kappa shape index (κ1) is 19.9. The van der Waals surface area contributed by atoms with Gasteiger partial charge in [-0.25, -0.2) is 4.98 Å². The summed E-state index contributed by atoms with van der Waals surface area (Å²) in [5.74, 6) is 0.886. The Morgan fingerprint density at radius 1 is 1.37 bits per heavy atom. The molecule has 1 heterocycles. The molecule has 1 fully saturated rings. The molecule has 142 valence electrons. The molecule has 0 aliphatic heterocycles. The Morgan fingerprint density at radius 2 is 2.15 bits per heavy atom. The third-order valence-corrected chi connectivity index (χ3v) is 6.17. The molecule has 1 saturated carbocycles. The maximum absolute atomic E-state index is 9.50. The van der Waals surface area contributed by atoms with Crippen molar-refractivity contribution in [1.29, 1.82) is 5.26 Å². The molecule has 1 unspecified atom stereocenters. The predicted molar refractivity (Wildman–Crippen MR) is 110 cm³/mol. The normalized spacial score (nSPS) is 19.4. The third kappa shape index (κ3) is 4.70. The van der Waals surface area contributed by atoms with Crippen molar-refractivity contribution in [2.45, 2.75) is 45.3 Å². The van der Waals surface area contributed by atoms with Gasteiger partial charge in [0.2, 0.25) is 5.95 Å². The lowest BCUT2D eigenvalue weighted by atomic mass is 9.85. The molecule has 2 atom stereocenters. The van der Waals surface area contributed by atoms with E-state index in [2.05, 4.69) is 42.6 Å². The smallest absolute Gasteiger partial charge is 0.229 e. The second kappa shape index (κ2) is 8.87. The van der Waals surface area contributed by atoms with E-state index in [1.165, 1.54) is 0 Å². The van der Waals surface area contributed by atoms with E-state index < -0.39 is 0 Å². The van der Waals surface area contributed by atoms with E-state index in [0.29, 0.717) is 16.8 Å². The van der Waals surface area contributed by atoms with Crippen molar-refractivity contribution >= 4 is 45.0 Å². The van der Waals surface area contributed by atoms with Crippen LogP contribution >= 0.6 is 27.5 Å². The molecule has 8 heteroatoms. The van der Waals surface area contributed by atoms with Crippen molar-refractivity contribution in [3.8, 4) is 6.07 Å². The topological polar surface area (TPSA) is 93.9 Å². The Labute approximate surface area is 172 Å². The molecule has 3 rings (SSSR count). The average Bonchev–Trinajstić information content (AvgIpc) is 2.67. The Balaban J connectivity index is 1.81. The number of aliphatic hydroxyl groups is 1. The number of aromatic nitrogens is 2. The van der Waals surface area contributed by atoms with Crippen LogP contribution in [0.1, 0.15) is 36.8 Å². The Kier molecular flexibility index (Phi) is 6.53. The number of benzene rings is 1. The molecule has 1 aliphatic rings. The Hall–Kier alpha value is -1.88. The standard InChI is InChI=1S/C19H21BrClN5O/c1-11-6-14(7-13(10-27)17(11)20)24-19-23-9-15(21)18(26-19)25-16-5-3-2-4-12(16)8-22/h6-7,9,12,16,27H,2-5,10H2,1H3,(H2,23,24,25,26)/t12-,16?/m1/s1. The number of aryl methyl sites for hydroxylation is 1. The van der Waals surface area contributed by atoms with Gasteiger partial charge in [-0.3, -0.25) is 0 Å². The molecule has 2 aromatic rings. The summed E-state index contributed by atoms with van der Waals surface area (Å²) in [7, 11) is 0. The van der Waals surface area contributed by atoms with E-state index in [1.54, 1.807) is 6.20 Å². The second-order valence-corrected chi connectivity index (χ2v) is 7.91. The molecule has 27 heavy (non-hydrogen) atoms. The van der Waals surface area contributed by atoms with Gasteiger partial charge in [0, 0.05) is 16.2 Å². The molecule has 1 aromatic heterocycles. The van der Waals surface area contributed by atoms with E-state index in [0.717, 1.165) is 47.0 Å². The van der Waals surface area contributed by atoms with Gasteiger partial charge in [-0.15, -0.1) is 0 Å². The number of nitriles is 1. The fraction of sp³-hybridized carbons (Fsp3) is 0.421. The molecule has 1 aliphatic carbocycles. The fourth-order valence-corrected chi connectivity index (χ4v) is 3.82. The lowest BCUT2D eigenvalue weighted by Gasteiger charge is -2.28. The fourth-order valence-electron chi connectivity index (χ4n) is 3.32. The number of nitrogens with zero attached hydrogens (tertiary/aromatic N) is 3. The first-order valence-corrected chi connectivity index (χ1v) is 10.0. The quantitative estimate of drug-likeness (QED) is 0.598. The van der Waals surface area contributed by atoms with Crippen molar-refractivity contribution in [3.63, 3.8) is 0 Å². The van der Waals surface area contributed by atoms with Gasteiger partial charge in [0.15, 0.2) is 5.82 Å². The maximum Gasteiger partial charge on any atom is 0.229 e. The minimum atomic E-state index is -0.0670. The Bertz CT molecular complexity index is 870. The number of hydrogen-bond donors (Lipinski definition) is 3. The summed E-state index contributed by atoms with van der Waals surface area (Å²) >= 11 is 9.74. The molecule has 3 N–H and O–H groups in total. The van der Waals surface area contributed by atoms with Crippen molar-refractivity contribution in [2.24, 2.45) is 5.92 Å². The van der Waals surface area contributed by atoms with E-state index in [9.17, 15) is 10.4 Å². The van der Waals surface area contributed by atoms with Crippen LogP contribution in [-0.2, 0) is 6.61 Å². The summed E-state index contributed by atoms with van der Waals surface area (Å²) in [6, 6.07) is 6.21. The van der Waals surface area contributed by atoms with Gasteiger partial charge in [-0.05, 0) is 43.0 Å². The van der Waals surface area contributed by atoms with Crippen LogP contribution in [0.3, 0.4) is 0 Å². The van der Waals surface area contributed by atoms with Gasteiger partial charge >= 0.3 is 0 Å². The number of rotatable bonds is 5. The van der Waals surface area contributed by atoms with Crippen LogP contribution in [0.4, 0.5) is 17.5 Å². The van der Waals surface area contributed by atoms with E-state index in [1.807, 2.05) is 19.1 Å². The average molecular weight is 451 g/mol. The summed E-state index contributed by atoms with van der Waals surface area (Å²) < 4.78 is 0.884. The summed E-state index contributed by atoms with van der Waals surface area (Å²) in [4.78, 5) is 8.73. The molecule has 1 aromatic carbocycles. The van der Waals surface area contributed by atoms with Crippen LogP contribution in [0.5, 0.6) is 0 Å². The zero-order chi connectivity index (χ0) is 19.4. The van der Waals surface area contributed by atoms with Crippen LogP contribution in [0.2, 0.25) is 5.02 Å². The highest BCUT2D eigenvalue weighted by Crippen LogP contribution is 2.30. The highest BCUT2D eigenvalue weighted by atomic mass is 79.9. The summed E-state index contributed by atoms with van der Waals surface area (Å²) in [5.41, 5.74) is 2.56. The van der Waals surface area contributed by atoms with Gasteiger partial charge in [-0.1, -0.05) is 40.4 Å². The number of nitrogens with one attached hydrogen (secondary N) is 2. The summed E-state index contributed by atoms with van der Waals surface area (Å²) in [6.07, 6.45) is 5.53. The molecule has 0 saturated heterocycles. The van der Waals surface area contributed by atoms with Crippen LogP contribution < -0.4 is 10.6 Å². The maximum atomic E-state index is 9.50. The third-order valence-electron chi connectivity index (χ3n) is 4.75. The number of halogens is 2. The Morgan fingerprint density at radius 3 is 2.89 bits per heavy atom. The largest absolute Gasteiger partial charge is 0.392 e. The lowest BCUT2D eigenvalue weighted by Crippen LogP contribution is -2.31. The van der Waals surface area contributed by atoms with Crippen LogP contribution in [-0.4, -0.2) is 21.1 Å². The molecular weight excluding hydrogens is 430 g/mol. The summed E-state index contributed by atoms with van der Waals surface area (Å²) in [6.45, 7) is 1.89. The van der Waals surface area contributed by atoms with Crippen molar-refractivity contribution in [2.75, 3.05) is 10.6 Å². The van der Waals surface area contributed by atoms with Gasteiger partial charge < -0.3 is 15.7 Å². The first-order valence-electron chi connectivity index (χ1n) is 8.87. The molecule has 6 nitrogen and oxygen atoms in total. The minimum absolute atomic E-state index is 0.0394. The molecular formula is C19H21BrClN5O. The zero-order valence-corrected chi connectivity index (χ0v) is 17.3. The number of aliphatic hydroxyl groups excluding tert-OH is 1. The second-order valence-electron chi connectivity index (χ2n) is 6.71. The number of hydrogen-bond acceptors (Lipinski definition) is 6. The zero-order valence-electron chi connectivity index (χ0n) is 15.0. The van der Waals surface area contributed by atoms with Crippen molar-refractivity contribution in [1.82, 2.24) is 9.97 Å². The number of anilines is 3. The van der Waals surface area contributed by atoms with Crippen LogP contribution in [0, 0.1) is 24.2 Å². The van der Waals surface area contributed by atoms with Gasteiger partial charge in [-0.2, -0.15) is 10.2 Å². The van der Waals surface area contributed by atoms with Gasteiger partial charge in [0.1, 0.15) is 5.02 Å². The first-order chi connectivity index (χ1) is 13.0. The monoisotopic (exact) mass is 449 g/mol. The van der Waals surface area contributed by atoms with E-state index in [-0.39, 0.29) is 18.6 Å². The highest BCUT2D eigenvalue weighted by Gasteiger charge is 2.26. The van der Waals surface area contributed by atoms with Crippen molar-refractivity contribution in [3.05, 3.63) is 39.0 Å². The van der Waals surface area contributed by atoms with Gasteiger partial charge in [0.25, 0.3) is 0 Å². The lowest BCUT2D eigenvalue weighted by molar-refractivity contribution is 0.281. The van der Waals surface area contributed by atoms with E-state index >= 15 is 0 Å². The molecule has 0 amide bonds. The SMILES string of the molecule is Cc1cc(Nc2ncc(Cl)c(NC3CCCC[C@@H]3C#N)n2)cc(CO)c1Br. The highest BCUT2D eigenvalue weighted by molar-refractivity contribution is 9.10. The summed E-state index contributed by atoms with van der Waals surface area (Å²) in [5, 5.41) is 25.8. The molecule has 0 radical (unpaired) electrons. The minimum Gasteiger partial charge on any atom is -0.392 e.